The normalized spacial score (nSPS) is 12.0. The Morgan fingerprint density at radius 3 is 2.71 bits per heavy atom. The van der Waals surface area contributed by atoms with E-state index in [2.05, 4.69) is 56.2 Å². The first-order valence-corrected chi connectivity index (χ1v) is 6.97. The van der Waals surface area contributed by atoms with E-state index in [0.29, 0.717) is 0 Å². The Morgan fingerprint density at radius 2 is 2.06 bits per heavy atom. The molecule has 92 valence electrons. The van der Waals surface area contributed by atoms with Gasteiger partial charge in [0, 0.05) is 6.54 Å². The van der Waals surface area contributed by atoms with Gasteiger partial charge >= 0.3 is 0 Å². The van der Waals surface area contributed by atoms with Crippen molar-refractivity contribution in [3.8, 4) is 0 Å². The summed E-state index contributed by atoms with van der Waals surface area (Å²) in [4.78, 5) is 4.58. The second kappa shape index (κ2) is 4.65. The van der Waals surface area contributed by atoms with Crippen LogP contribution in [0.5, 0.6) is 0 Å². The van der Waals surface area contributed by atoms with Gasteiger partial charge in [-0.15, -0.1) is 0 Å². The molecule has 1 aromatic carbocycles. The summed E-state index contributed by atoms with van der Waals surface area (Å²) >= 11 is 1.75. The fourth-order valence-electron chi connectivity index (χ4n) is 1.70. The molecule has 0 radical (unpaired) electrons. The lowest BCUT2D eigenvalue weighted by Gasteiger charge is -2.18. The average Bonchev–Trinajstić information content (AvgIpc) is 2.66. The van der Waals surface area contributed by atoms with Crippen molar-refractivity contribution in [2.24, 2.45) is 0 Å². The fourth-order valence-corrected chi connectivity index (χ4v) is 2.63. The quantitative estimate of drug-likeness (QED) is 0.870. The number of hydrogen-bond donors (Lipinski definition) is 1. The number of anilines is 1. The molecule has 0 aliphatic carbocycles. The molecule has 0 saturated heterocycles. The van der Waals surface area contributed by atoms with Gasteiger partial charge in [0.15, 0.2) is 5.13 Å². The van der Waals surface area contributed by atoms with Crippen LogP contribution in [0.1, 0.15) is 39.7 Å². The zero-order valence-corrected chi connectivity index (χ0v) is 11.8. The average molecular weight is 248 g/mol. The minimum absolute atomic E-state index is 0.204. The highest BCUT2D eigenvalue weighted by Crippen LogP contribution is 2.31. The highest BCUT2D eigenvalue weighted by Gasteiger charge is 2.14. The molecule has 2 rings (SSSR count). The van der Waals surface area contributed by atoms with Crippen molar-refractivity contribution in [3.63, 3.8) is 0 Å². The van der Waals surface area contributed by atoms with Crippen LogP contribution < -0.4 is 5.32 Å². The van der Waals surface area contributed by atoms with E-state index in [4.69, 9.17) is 0 Å². The van der Waals surface area contributed by atoms with Crippen molar-refractivity contribution in [2.75, 3.05) is 11.9 Å². The van der Waals surface area contributed by atoms with Crippen LogP contribution in [-0.4, -0.2) is 11.5 Å². The van der Waals surface area contributed by atoms with E-state index in [0.717, 1.165) is 23.6 Å². The number of rotatable bonds is 3. The van der Waals surface area contributed by atoms with Crippen LogP contribution in [-0.2, 0) is 5.41 Å². The van der Waals surface area contributed by atoms with Gasteiger partial charge in [0.05, 0.1) is 10.2 Å². The van der Waals surface area contributed by atoms with E-state index in [1.165, 1.54) is 10.3 Å². The Kier molecular flexibility index (Phi) is 3.38. The number of hydrogen-bond acceptors (Lipinski definition) is 3. The fraction of sp³-hybridized carbons (Fsp3) is 0.500. The Balaban J connectivity index is 2.34. The molecule has 3 heteroatoms. The van der Waals surface area contributed by atoms with Crippen LogP contribution in [0.3, 0.4) is 0 Å². The van der Waals surface area contributed by atoms with Crippen molar-refractivity contribution >= 4 is 26.7 Å². The van der Waals surface area contributed by atoms with Gasteiger partial charge in [-0.05, 0) is 29.5 Å². The molecule has 0 atom stereocenters. The number of fused-ring (bicyclic) bond motifs is 1. The first-order chi connectivity index (χ1) is 8.00. The van der Waals surface area contributed by atoms with Crippen LogP contribution in [0.15, 0.2) is 18.2 Å². The topological polar surface area (TPSA) is 24.9 Å². The smallest absolute Gasteiger partial charge is 0.183 e. The molecule has 0 aliphatic rings. The lowest BCUT2D eigenvalue weighted by atomic mass is 9.87. The Labute approximate surface area is 107 Å². The summed E-state index contributed by atoms with van der Waals surface area (Å²) in [5, 5.41) is 4.38. The molecule has 2 nitrogen and oxygen atoms in total. The van der Waals surface area contributed by atoms with Crippen LogP contribution in [0, 0.1) is 0 Å². The third kappa shape index (κ3) is 2.78. The zero-order chi connectivity index (χ0) is 12.5. The van der Waals surface area contributed by atoms with E-state index in [9.17, 15) is 0 Å². The molecule has 0 aliphatic heterocycles. The van der Waals surface area contributed by atoms with Crippen molar-refractivity contribution in [1.29, 1.82) is 0 Å². The van der Waals surface area contributed by atoms with Gasteiger partial charge in [0.1, 0.15) is 0 Å². The summed E-state index contributed by atoms with van der Waals surface area (Å²) in [6, 6.07) is 6.58. The monoisotopic (exact) mass is 248 g/mol. The summed E-state index contributed by atoms with van der Waals surface area (Å²) in [5.41, 5.74) is 2.67. The van der Waals surface area contributed by atoms with E-state index in [-0.39, 0.29) is 5.41 Å². The molecule has 17 heavy (non-hydrogen) atoms. The number of thiazole rings is 1. The highest BCUT2D eigenvalue weighted by atomic mass is 32.1. The Hall–Kier alpha value is -1.09. The second-order valence-electron chi connectivity index (χ2n) is 5.38. The Morgan fingerprint density at radius 1 is 1.29 bits per heavy atom. The van der Waals surface area contributed by atoms with Crippen molar-refractivity contribution in [2.45, 2.75) is 39.5 Å². The number of nitrogens with one attached hydrogen (secondary N) is 1. The number of benzene rings is 1. The third-order valence-electron chi connectivity index (χ3n) is 2.78. The molecule has 0 spiro atoms. The lowest BCUT2D eigenvalue weighted by Crippen LogP contribution is -2.10. The first kappa shape index (κ1) is 12.4. The molecular formula is C14H20N2S. The molecular weight excluding hydrogens is 228 g/mol. The minimum Gasteiger partial charge on any atom is -0.361 e. The van der Waals surface area contributed by atoms with E-state index >= 15 is 0 Å². The first-order valence-electron chi connectivity index (χ1n) is 6.15. The van der Waals surface area contributed by atoms with E-state index in [1.54, 1.807) is 11.3 Å². The van der Waals surface area contributed by atoms with Crippen molar-refractivity contribution in [3.05, 3.63) is 23.8 Å². The predicted molar refractivity (Wildman–Crippen MR) is 77.1 cm³/mol. The summed E-state index contributed by atoms with van der Waals surface area (Å²) in [5.74, 6) is 0. The van der Waals surface area contributed by atoms with Gasteiger partial charge < -0.3 is 5.32 Å². The van der Waals surface area contributed by atoms with Gasteiger partial charge in [0.25, 0.3) is 0 Å². The molecule has 2 aromatic rings. The minimum atomic E-state index is 0.204. The molecule has 1 heterocycles. The van der Waals surface area contributed by atoms with Gasteiger partial charge in [-0.1, -0.05) is 45.1 Å². The summed E-state index contributed by atoms with van der Waals surface area (Å²) in [7, 11) is 0. The molecule has 0 amide bonds. The van der Waals surface area contributed by atoms with E-state index < -0.39 is 0 Å². The van der Waals surface area contributed by atoms with E-state index in [1.807, 2.05) is 0 Å². The van der Waals surface area contributed by atoms with Gasteiger partial charge in [-0.25, -0.2) is 4.98 Å². The van der Waals surface area contributed by atoms with Crippen LogP contribution in [0.4, 0.5) is 5.13 Å². The number of nitrogens with zero attached hydrogens (tertiary/aromatic N) is 1. The largest absolute Gasteiger partial charge is 0.361 e. The maximum atomic E-state index is 4.58. The van der Waals surface area contributed by atoms with Gasteiger partial charge in [0.2, 0.25) is 0 Å². The molecule has 0 saturated carbocycles. The van der Waals surface area contributed by atoms with Gasteiger partial charge in [-0.3, -0.25) is 0 Å². The highest BCUT2D eigenvalue weighted by molar-refractivity contribution is 7.22. The molecule has 0 unspecified atom stereocenters. The summed E-state index contributed by atoms with van der Waals surface area (Å²) < 4.78 is 1.27. The van der Waals surface area contributed by atoms with Crippen LogP contribution in [0.2, 0.25) is 0 Å². The maximum absolute atomic E-state index is 4.58. The lowest BCUT2D eigenvalue weighted by molar-refractivity contribution is 0.591. The zero-order valence-electron chi connectivity index (χ0n) is 11.0. The van der Waals surface area contributed by atoms with Crippen LogP contribution >= 0.6 is 11.3 Å². The summed E-state index contributed by atoms with van der Waals surface area (Å²) in [6.45, 7) is 9.88. The molecule has 0 bridgehead atoms. The molecule has 0 fully saturated rings. The maximum Gasteiger partial charge on any atom is 0.183 e. The summed E-state index contributed by atoms with van der Waals surface area (Å²) in [6.07, 6.45) is 1.13. The molecule has 1 N–H and O–H groups in total. The standard InChI is InChI=1S/C14H20N2S/c1-5-8-15-13-16-11-7-6-10(14(2,3)4)9-12(11)17-13/h6-7,9H,5,8H2,1-4H3,(H,15,16). The van der Waals surface area contributed by atoms with Gasteiger partial charge in [-0.2, -0.15) is 0 Å². The SMILES string of the molecule is CCCNc1nc2ccc(C(C)(C)C)cc2s1. The van der Waals surface area contributed by atoms with Crippen LogP contribution in [0.25, 0.3) is 10.2 Å². The molecule has 1 aromatic heterocycles. The second-order valence-corrected chi connectivity index (χ2v) is 6.41. The predicted octanol–water partition coefficient (Wildman–Crippen LogP) is 4.42. The third-order valence-corrected chi connectivity index (χ3v) is 3.76. The Bertz CT molecular complexity index is 508. The van der Waals surface area contributed by atoms with Crippen molar-refractivity contribution < 1.29 is 0 Å². The number of aromatic nitrogens is 1. The van der Waals surface area contributed by atoms with Crippen molar-refractivity contribution in [1.82, 2.24) is 4.98 Å².